The summed E-state index contributed by atoms with van der Waals surface area (Å²) < 4.78 is 0. The number of nitrogens with two attached hydrogens (primary N) is 1. The van der Waals surface area contributed by atoms with E-state index < -0.39 is 0 Å². The van der Waals surface area contributed by atoms with Crippen LogP contribution in [0.4, 0.5) is 5.82 Å². The van der Waals surface area contributed by atoms with Crippen LogP contribution in [0.25, 0.3) is 10.8 Å². The van der Waals surface area contributed by atoms with Crippen molar-refractivity contribution < 1.29 is 4.79 Å². The number of rotatable bonds is 4. The molecular weight excluding hydrogens is 204 g/mol. The molecule has 0 spiro atoms. The minimum Gasteiger partial charge on any atom is -0.370 e. The first-order valence-electron chi connectivity index (χ1n) is 5.00. The van der Waals surface area contributed by atoms with Crippen molar-refractivity contribution >= 4 is 22.5 Å². The molecule has 2 rings (SSSR count). The molecule has 0 radical (unpaired) electrons. The van der Waals surface area contributed by atoms with Crippen LogP contribution in [0.5, 0.6) is 0 Å². The number of benzene rings is 1. The molecule has 0 aliphatic carbocycles. The van der Waals surface area contributed by atoms with E-state index in [0.29, 0.717) is 12.4 Å². The standard InChI is InChI=1S/C11H12N4O/c12-10(16)5-6-13-11-9-4-2-1-3-8(9)7-14-15-11/h1-4,7H,5-6H2,(H2,12,16)(H,13,15). The van der Waals surface area contributed by atoms with Crippen molar-refractivity contribution in [3.05, 3.63) is 30.5 Å². The molecule has 1 amide bonds. The van der Waals surface area contributed by atoms with Crippen LogP contribution in [-0.2, 0) is 4.79 Å². The third-order valence-corrected chi connectivity index (χ3v) is 2.23. The van der Waals surface area contributed by atoms with Crippen LogP contribution in [0.15, 0.2) is 30.5 Å². The number of carbonyl (C=O) groups is 1. The Morgan fingerprint density at radius 1 is 1.38 bits per heavy atom. The van der Waals surface area contributed by atoms with Crippen molar-refractivity contribution in [2.24, 2.45) is 5.73 Å². The smallest absolute Gasteiger partial charge is 0.219 e. The third kappa shape index (κ3) is 2.25. The molecule has 1 aromatic heterocycles. The van der Waals surface area contributed by atoms with Crippen LogP contribution >= 0.6 is 0 Å². The first-order chi connectivity index (χ1) is 7.77. The minimum absolute atomic E-state index is 0.283. The van der Waals surface area contributed by atoms with Crippen molar-refractivity contribution in [1.82, 2.24) is 10.2 Å². The zero-order valence-electron chi connectivity index (χ0n) is 8.68. The van der Waals surface area contributed by atoms with Gasteiger partial charge in [0, 0.05) is 23.7 Å². The number of primary amides is 1. The molecule has 0 fully saturated rings. The summed E-state index contributed by atoms with van der Waals surface area (Å²) in [5.41, 5.74) is 5.05. The predicted octanol–water partition coefficient (Wildman–Crippen LogP) is 0.917. The minimum atomic E-state index is -0.333. The molecule has 5 nitrogen and oxygen atoms in total. The molecule has 5 heteroatoms. The monoisotopic (exact) mass is 216 g/mol. The van der Waals surface area contributed by atoms with Gasteiger partial charge >= 0.3 is 0 Å². The quantitative estimate of drug-likeness (QED) is 0.796. The van der Waals surface area contributed by atoms with Gasteiger partial charge in [-0.3, -0.25) is 4.79 Å². The second kappa shape index (κ2) is 4.57. The maximum absolute atomic E-state index is 10.6. The Bertz CT molecular complexity index is 507. The van der Waals surface area contributed by atoms with Crippen LogP contribution in [0, 0.1) is 0 Å². The van der Waals surface area contributed by atoms with Gasteiger partial charge in [-0.1, -0.05) is 24.3 Å². The largest absolute Gasteiger partial charge is 0.370 e. The van der Waals surface area contributed by atoms with Crippen molar-refractivity contribution in [3.63, 3.8) is 0 Å². The van der Waals surface area contributed by atoms with E-state index in [1.807, 2.05) is 24.3 Å². The molecule has 3 N–H and O–H groups in total. The van der Waals surface area contributed by atoms with Crippen LogP contribution < -0.4 is 11.1 Å². The molecule has 0 aliphatic rings. The number of fused-ring (bicyclic) bond motifs is 1. The highest BCUT2D eigenvalue weighted by atomic mass is 16.1. The van der Waals surface area contributed by atoms with Crippen molar-refractivity contribution in [1.29, 1.82) is 0 Å². The lowest BCUT2D eigenvalue weighted by atomic mass is 10.2. The highest BCUT2D eigenvalue weighted by Gasteiger charge is 2.02. The van der Waals surface area contributed by atoms with E-state index in [9.17, 15) is 4.79 Å². The molecule has 0 atom stereocenters. The van der Waals surface area contributed by atoms with Crippen molar-refractivity contribution in [2.45, 2.75) is 6.42 Å². The molecule has 82 valence electrons. The molecule has 0 bridgehead atoms. The highest BCUT2D eigenvalue weighted by Crippen LogP contribution is 2.18. The maximum Gasteiger partial charge on any atom is 0.219 e. The Labute approximate surface area is 92.7 Å². The number of amides is 1. The van der Waals surface area contributed by atoms with E-state index in [2.05, 4.69) is 15.5 Å². The Hall–Kier alpha value is -2.17. The van der Waals surface area contributed by atoms with E-state index in [1.165, 1.54) is 0 Å². The van der Waals surface area contributed by atoms with E-state index in [-0.39, 0.29) is 12.3 Å². The fourth-order valence-corrected chi connectivity index (χ4v) is 1.46. The summed E-state index contributed by atoms with van der Waals surface area (Å²) in [5.74, 6) is 0.347. The van der Waals surface area contributed by atoms with E-state index in [0.717, 1.165) is 10.8 Å². The normalized spacial score (nSPS) is 10.2. The average molecular weight is 216 g/mol. The second-order valence-corrected chi connectivity index (χ2v) is 3.42. The average Bonchev–Trinajstić information content (AvgIpc) is 2.29. The Kier molecular flexibility index (Phi) is 2.95. The number of nitrogens with one attached hydrogen (secondary N) is 1. The number of carbonyl (C=O) groups excluding carboxylic acids is 1. The SMILES string of the molecule is NC(=O)CCNc1nncc2ccccc12. The van der Waals surface area contributed by atoms with Crippen molar-refractivity contribution in [2.75, 3.05) is 11.9 Å². The molecule has 16 heavy (non-hydrogen) atoms. The summed E-state index contributed by atoms with van der Waals surface area (Å²) in [7, 11) is 0. The zero-order chi connectivity index (χ0) is 11.4. The van der Waals surface area contributed by atoms with Gasteiger partial charge in [0.15, 0.2) is 5.82 Å². The molecule has 0 saturated carbocycles. The van der Waals surface area contributed by atoms with Gasteiger partial charge in [0.25, 0.3) is 0 Å². The van der Waals surface area contributed by atoms with Crippen LogP contribution in [0.2, 0.25) is 0 Å². The van der Waals surface area contributed by atoms with Gasteiger partial charge in [0.05, 0.1) is 6.20 Å². The maximum atomic E-state index is 10.6. The van der Waals surface area contributed by atoms with Gasteiger partial charge in [0.1, 0.15) is 0 Å². The topological polar surface area (TPSA) is 80.9 Å². The summed E-state index contributed by atoms with van der Waals surface area (Å²) in [6, 6.07) is 7.79. The summed E-state index contributed by atoms with van der Waals surface area (Å²) in [6.07, 6.45) is 1.99. The fraction of sp³-hybridized carbons (Fsp3) is 0.182. The molecular formula is C11H12N4O. The molecule has 2 aromatic rings. The lowest BCUT2D eigenvalue weighted by Gasteiger charge is -2.06. The van der Waals surface area contributed by atoms with E-state index in [4.69, 9.17) is 5.73 Å². The highest BCUT2D eigenvalue weighted by molar-refractivity contribution is 5.90. The summed E-state index contributed by atoms with van der Waals surface area (Å²) >= 11 is 0. The van der Waals surface area contributed by atoms with Gasteiger partial charge in [-0.25, -0.2) is 0 Å². The summed E-state index contributed by atoms with van der Waals surface area (Å²) in [5, 5.41) is 12.9. The molecule has 0 unspecified atom stereocenters. The molecule has 0 saturated heterocycles. The lowest BCUT2D eigenvalue weighted by Crippen LogP contribution is -2.16. The molecule has 1 aromatic carbocycles. The Balaban J connectivity index is 2.20. The van der Waals surface area contributed by atoms with Crippen molar-refractivity contribution in [3.8, 4) is 0 Å². The first kappa shape index (κ1) is 10.4. The zero-order valence-corrected chi connectivity index (χ0v) is 8.68. The van der Waals surface area contributed by atoms with Crippen LogP contribution in [0.1, 0.15) is 6.42 Å². The predicted molar refractivity (Wildman–Crippen MR) is 61.8 cm³/mol. The lowest BCUT2D eigenvalue weighted by molar-refractivity contribution is -0.117. The molecule has 1 heterocycles. The van der Waals surface area contributed by atoms with Gasteiger partial charge < -0.3 is 11.1 Å². The van der Waals surface area contributed by atoms with Crippen LogP contribution in [-0.4, -0.2) is 22.6 Å². The van der Waals surface area contributed by atoms with Gasteiger partial charge in [0.2, 0.25) is 5.91 Å². The first-order valence-corrected chi connectivity index (χ1v) is 5.00. The van der Waals surface area contributed by atoms with E-state index >= 15 is 0 Å². The summed E-state index contributed by atoms with van der Waals surface area (Å²) in [6.45, 7) is 0.470. The number of anilines is 1. The third-order valence-electron chi connectivity index (χ3n) is 2.23. The summed E-state index contributed by atoms with van der Waals surface area (Å²) in [4.78, 5) is 10.6. The Morgan fingerprint density at radius 3 is 3.00 bits per heavy atom. The van der Waals surface area contributed by atoms with Crippen LogP contribution in [0.3, 0.4) is 0 Å². The number of nitrogens with zero attached hydrogens (tertiary/aromatic N) is 2. The van der Waals surface area contributed by atoms with Gasteiger partial charge in [-0.2, -0.15) is 5.10 Å². The van der Waals surface area contributed by atoms with Gasteiger partial charge in [-0.05, 0) is 0 Å². The Morgan fingerprint density at radius 2 is 2.19 bits per heavy atom. The fourth-order valence-electron chi connectivity index (χ4n) is 1.46. The number of hydrogen-bond donors (Lipinski definition) is 2. The molecule has 0 aliphatic heterocycles. The number of aromatic nitrogens is 2. The van der Waals surface area contributed by atoms with E-state index in [1.54, 1.807) is 6.20 Å². The number of hydrogen-bond acceptors (Lipinski definition) is 4. The second-order valence-electron chi connectivity index (χ2n) is 3.42. The van der Waals surface area contributed by atoms with Gasteiger partial charge in [-0.15, -0.1) is 5.10 Å².